The molecule has 5 heavy (non-hydrogen) atoms. The first-order chi connectivity index (χ1) is 1.41. The van der Waals surface area contributed by atoms with Crippen molar-refractivity contribution in [1.29, 1.82) is 0 Å². The van der Waals surface area contributed by atoms with Gasteiger partial charge >= 0.3 is 29.6 Å². The molecule has 0 spiro atoms. The van der Waals surface area contributed by atoms with Crippen molar-refractivity contribution in [3.8, 4) is 0 Å². The monoisotopic (exact) mass is 81.0 g/mol. The minimum absolute atomic E-state index is 0. The molecule has 0 saturated carbocycles. The van der Waals surface area contributed by atoms with E-state index in [1.165, 1.54) is 0 Å². The van der Waals surface area contributed by atoms with Crippen molar-refractivity contribution in [2.45, 2.75) is 0 Å². The van der Waals surface area contributed by atoms with E-state index in [0.29, 0.717) is 0 Å². The zero-order valence-corrected chi connectivity index (χ0v) is 5.01. The maximum atomic E-state index is 8.36. The molecule has 0 saturated heterocycles. The van der Waals surface area contributed by atoms with Crippen molar-refractivity contribution in [3.63, 3.8) is 0 Å². The van der Waals surface area contributed by atoms with Crippen LogP contribution in [0.4, 0.5) is 0 Å². The molecule has 23 valence electrons. The zero-order valence-electron chi connectivity index (χ0n) is 4.01. The molecule has 0 heterocycles. The molecule has 0 unspecified atom stereocenters. The van der Waals surface area contributed by atoms with E-state index in [1.807, 2.05) is 0 Å². The first-order valence-corrected chi connectivity index (χ1v) is 0.494. The predicted octanol–water partition coefficient (Wildman–Crippen LogP) is -3.56. The van der Waals surface area contributed by atoms with Crippen LogP contribution >= 0.6 is 0 Å². The van der Waals surface area contributed by atoms with Gasteiger partial charge in [-0.2, -0.15) is 0 Å². The SMILES string of the molecule is O=CO.[B].[H-].[Na+]. The summed E-state index contributed by atoms with van der Waals surface area (Å²) in [7, 11) is 0. The van der Waals surface area contributed by atoms with Crippen LogP contribution in [0.25, 0.3) is 0 Å². The van der Waals surface area contributed by atoms with Crippen molar-refractivity contribution < 1.29 is 40.9 Å². The molecule has 0 atom stereocenters. The van der Waals surface area contributed by atoms with Crippen molar-refractivity contribution in [2.24, 2.45) is 0 Å². The van der Waals surface area contributed by atoms with Gasteiger partial charge in [0.1, 0.15) is 0 Å². The molecule has 0 bridgehead atoms. The van der Waals surface area contributed by atoms with Crippen LogP contribution in [0.15, 0.2) is 0 Å². The second kappa shape index (κ2) is 24.1. The predicted molar refractivity (Wildman–Crippen MR) is 15.6 cm³/mol. The summed E-state index contributed by atoms with van der Waals surface area (Å²) in [6.07, 6.45) is 0. The Hall–Kier alpha value is 0.535. The number of hydrogen-bond acceptors (Lipinski definition) is 1. The second-order valence-corrected chi connectivity index (χ2v) is 0.105. The molecule has 2 nitrogen and oxygen atoms in total. The van der Waals surface area contributed by atoms with Gasteiger partial charge in [-0.3, -0.25) is 4.79 Å². The Morgan fingerprint density at radius 3 is 1.80 bits per heavy atom. The number of rotatable bonds is 0. The Morgan fingerprint density at radius 2 is 1.80 bits per heavy atom. The van der Waals surface area contributed by atoms with E-state index < -0.39 is 0 Å². The van der Waals surface area contributed by atoms with Gasteiger partial charge in [0, 0.05) is 8.41 Å². The molecule has 0 fully saturated rings. The fraction of sp³-hybridized carbons (Fsp3) is 0. The fourth-order valence-electron chi connectivity index (χ4n) is 0. The van der Waals surface area contributed by atoms with E-state index >= 15 is 0 Å². The topological polar surface area (TPSA) is 37.3 Å². The maximum absolute atomic E-state index is 8.36. The molecule has 0 rings (SSSR count). The maximum Gasteiger partial charge on any atom is 1.00 e. The summed E-state index contributed by atoms with van der Waals surface area (Å²) in [4.78, 5) is 8.36. The Kier molecular flexibility index (Phi) is 85.2. The van der Waals surface area contributed by atoms with Crippen LogP contribution in [0.2, 0.25) is 0 Å². The van der Waals surface area contributed by atoms with E-state index in [2.05, 4.69) is 0 Å². The van der Waals surface area contributed by atoms with E-state index in [-0.39, 0.29) is 45.9 Å². The molecular weight excluding hydrogens is 77.8 g/mol. The van der Waals surface area contributed by atoms with E-state index in [0.717, 1.165) is 0 Å². The van der Waals surface area contributed by atoms with Gasteiger partial charge in [0.25, 0.3) is 6.47 Å². The van der Waals surface area contributed by atoms with E-state index in [4.69, 9.17) is 9.90 Å². The minimum Gasteiger partial charge on any atom is -1.00 e. The summed E-state index contributed by atoms with van der Waals surface area (Å²) in [5, 5.41) is 6.89. The summed E-state index contributed by atoms with van der Waals surface area (Å²) in [5.74, 6) is 0. The van der Waals surface area contributed by atoms with Gasteiger partial charge in [-0.05, 0) is 0 Å². The fourth-order valence-corrected chi connectivity index (χ4v) is 0. The molecule has 0 amide bonds. The van der Waals surface area contributed by atoms with E-state index in [1.54, 1.807) is 0 Å². The first-order valence-electron chi connectivity index (χ1n) is 0.494. The number of hydrogen-bond donors (Lipinski definition) is 1. The Labute approximate surface area is 55.9 Å². The molecule has 1 N–H and O–H groups in total. The summed E-state index contributed by atoms with van der Waals surface area (Å²) >= 11 is 0. The molecule has 0 aliphatic rings. The quantitative estimate of drug-likeness (QED) is 0.242. The standard InChI is InChI=1S/CH2O2.B.Na.H/c2-1-3;;;/h1H,(H,2,3);;;/q;;+1;-1. The average Bonchev–Trinajstić information content (AvgIpc) is 0.918. The summed E-state index contributed by atoms with van der Waals surface area (Å²) < 4.78 is 0. The van der Waals surface area contributed by atoms with Crippen LogP contribution in [-0.4, -0.2) is 20.0 Å². The molecule has 0 aromatic carbocycles. The summed E-state index contributed by atoms with van der Waals surface area (Å²) in [6, 6.07) is 0. The van der Waals surface area contributed by atoms with Crippen molar-refractivity contribution >= 4 is 14.9 Å². The first kappa shape index (κ1) is 17.7. The zero-order chi connectivity index (χ0) is 2.71. The van der Waals surface area contributed by atoms with E-state index in [9.17, 15) is 0 Å². The normalized spacial score (nSPS) is 2.40. The smallest absolute Gasteiger partial charge is 1.00 e. The third-order valence-electron chi connectivity index (χ3n) is 0. The molecule has 0 aromatic heterocycles. The molecule has 4 heteroatoms. The Morgan fingerprint density at radius 1 is 1.80 bits per heavy atom. The Bertz CT molecular complexity index is 21.0. The van der Waals surface area contributed by atoms with Gasteiger partial charge < -0.3 is 6.53 Å². The van der Waals surface area contributed by atoms with Crippen LogP contribution < -0.4 is 29.6 Å². The third kappa shape index (κ3) is 102. The van der Waals surface area contributed by atoms with Gasteiger partial charge in [-0.25, -0.2) is 0 Å². The third-order valence-corrected chi connectivity index (χ3v) is 0. The molecule has 0 aliphatic carbocycles. The average molecular weight is 80.8 g/mol. The molecule has 0 aliphatic heterocycles. The van der Waals surface area contributed by atoms with Crippen LogP contribution in [-0.2, 0) is 4.79 Å². The second-order valence-electron chi connectivity index (χ2n) is 0.105. The summed E-state index contributed by atoms with van der Waals surface area (Å²) in [5.41, 5.74) is 0. The molecular formula is CH3BNaO2. The van der Waals surface area contributed by atoms with Crippen LogP contribution in [0.1, 0.15) is 1.43 Å². The summed E-state index contributed by atoms with van der Waals surface area (Å²) in [6.45, 7) is -0.250. The van der Waals surface area contributed by atoms with Gasteiger partial charge in [0.2, 0.25) is 0 Å². The van der Waals surface area contributed by atoms with Gasteiger partial charge in [-0.1, -0.05) is 0 Å². The van der Waals surface area contributed by atoms with Crippen LogP contribution in [0.3, 0.4) is 0 Å². The van der Waals surface area contributed by atoms with Gasteiger partial charge in [0.15, 0.2) is 0 Å². The van der Waals surface area contributed by atoms with Crippen LogP contribution in [0, 0.1) is 0 Å². The Balaban J connectivity index is -0.00000000667. The van der Waals surface area contributed by atoms with Crippen molar-refractivity contribution in [2.75, 3.05) is 0 Å². The van der Waals surface area contributed by atoms with Gasteiger partial charge in [0.05, 0.1) is 0 Å². The molecule has 3 radical (unpaired) electrons. The largest absolute Gasteiger partial charge is 1.00 e. The van der Waals surface area contributed by atoms with Crippen LogP contribution in [0.5, 0.6) is 0 Å². The van der Waals surface area contributed by atoms with Crippen molar-refractivity contribution in [3.05, 3.63) is 0 Å². The molecule has 0 aromatic rings. The van der Waals surface area contributed by atoms with Crippen molar-refractivity contribution in [1.82, 2.24) is 0 Å². The number of carbonyl (C=O) groups is 1. The minimum atomic E-state index is -0.250. The number of carboxylic acid groups (broad SMARTS) is 1. The van der Waals surface area contributed by atoms with Gasteiger partial charge in [-0.15, -0.1) is 0 Å².